The highest BCUT2D eigenvalue weighted by Gasteiger charge is 2.31. The van der Waals surface area contributed by atoms with Gasteiger partial charge >= 0.3 is 5.97 Å². The lowest BCUT2D eigenvalue weighted by atomic mass is 9.96. The van der Waals surface area contributed by atoms with Gasteiger partial charge in [0.25, 0.3) is 0 Å². The van der Waals surface area contributed by atoms with E-state index in [1.807, 2.05) is 32.5 Å². The number of aliphatic carboxylic acids is 1. The number of hydrogen-bond acceptors (Lipinski definition) is 3. The molecule has 0 saturated heterocycles. The Kier molecular flexibility index (Phi) is 4.51. The van der Waals surface area contributed by atoms with Gasteiger partial charge in [-0.3, -0.25) is 14.8 Å². The van der Waals surface area contributed by atoms with Gasteiger partial charge in [0.2, 0.25) is 0 Å². The molecule has 0 fully saturated rings. The van der Waals surface area contributed by atoms with E-state index in [1.54, 1.807) is 6.92 Å². The van der Waals surface area contributed by atoms with E-state index < -0.39 is 11.5 Å². The Morgan fingerprint density at radius 3 is 2.50 bits per heavy atom. The van der Waals surface area contributed by atoms with Crippen LogP contribution in [0.25, 0.3) is 0 Å². The van der Waals surface area contributed by atoms with Crippen LogP contribution >= 0.6 is 0 Å². The summed E-state index contributed by atoms with van der Waals surface area (Å²) in [5.41, 5.74) is 2.24. The maximum absolute atomic E-state index is 11.3. The van der Waals surface area contributed by atoms with E-state index >= 15 is 0 Å². The first-order valence-corrected chi connectivity index (χ1v) is 6.29. The molecule has 0 saturated carbocycles. The van der Waals surface area contributed by atoms with Crippen LogP contribution in [-0.4, -0.2) is 26.4 Å². The topological polar surface area (TPSA) is 67.2 Å². The molecule has 1 atom stereocenters. The number of aromatic nitrogens is 2. The standard InChI is InChI=1S/C13H23N3O2/c1-6-7-13(4,12(17)18)14-8-11-9(2)15-16(5)10(11)3/h14H,6-8H2,1-5H3,(H,17,18). The molecule has 1 heterocycles. The van der Waals surface area contributed by atoms with Crippen LogP contribution in [-0.2, 0) is 18.4 Å². The quantitative estimate of drug-likeness (QED) is 0.811. The molecule has 1 unspecified atom stereocenters. The van der Waals surface area contributed by atoms with Gasteiger partial charge in [-0.2, -0.15) is 5.10 Å². The summed E-state index contributed by atoms with van der Waals surface area (Å²) in [7, 11) is 1.90. The minimum atomic E-state index is -0.872. The predicted molar refractivity (Wildman–Crippen MR) is 70.5 cm³/mol. The van der Waals surface area contributed by atoms with E-state index in [9.17, 15) is 9.90 Å². The Morgan fingerprint density at radius 2 is 2.11 bits per heavy atom. The van der Waals surface area contributed by atoms with Crippen LogP contribution in [0.1, 0.15) is 43.6 Å². The van der Waals surface area contributed by atoms with Crippen molar-refractivity contribution >= 4 is 5.97 Å². The molecule has 0 aromatic carbocycles. The number of carboxylic acids is 1. The first kappa shape index (κ1) is 14.7. The summed E-state index contributed by atoms with van der Waals surface area (Å²) in [4.78, 5) is 11.3. The SMILES string of the molecule is CCCC(C)(NCc1c(C)nn(C)c1C)C(=O)O. The van der Waals surface area contributed by atoms with Gasteiger partial charge in [0, 0.05) is 24.8 Å². The summed E-state index contributed by atoms with van der Waals surface area (Å²) >= 11 is 0. The van der Waals surface area contributed by atoms with E-state index in [4.69, 9.17) is 0 Å². The number of nitrogens with zero attached hydrogens (tertiary/aromatic N) is 2. The number of carbonyl (C=O) groups is 1. The van der Waals surface area contributed by atoms with Gasteiger partial charge in [-0.1, -0.05) is 13.3 Å². The zero-order valence-electron chi connectivity index (χ0n) is 11.9. The van der Waals surface area contributed by atoms with Gasteiger partial charge in [0.15, 0.2) is 0 Å². The highest BCUT2D eigenvalue weighted by molar-refractivity contribution is 5.78. The van der Waals surface area contributed by atoms with E-state index in [1.165, 1.54) is 0 Å². The second-order valence-electron chi connectivity index (χ2n) is 5.01. The van der Waals surface area contributed by atoms with Crippen LogP contribution in [0.5, 0.6) is 0 Å². The Labute approximate surface area is 108 Å². The fraction of sp³-hybridized carbons (Fsp3) is 0.692. The second-order valence-corrected chi connectivity index (χ2v) is 5.01. The number of rotatable bonds is 6. The molecule has 0 radical (unpaired) electrons. The molecule has 1 rings (SSSR count). The number of aryl methyl sites for hydroxylation is 2. The third kappa shape index (κ3) is 2.90. The van der Waals surface area contributed by atoms with Crippen molar-refractivity contribution in [3.05, 3.63) is 17.0 Å². The Hall–Kier alpha value is -1.36. The fourth-order valence-corrected chi connectivity index (χ4v) is 2.13. The molecule has 0 bridgehead atoms. The van der Waals surface area contributed by atoms with E-state index in [0.717, 1.165) is 23.4 Å². The summed E-state index contributed by atoms with van der Waals surface area (Å²) in [6.07, 6.45) is 1.45. The first-order chi connectivity index (χ1) is 8.31. The van der Waals surface area contributed by atoms with Crippen molar-refractivity contribution in [2.24, 2.45) is 7.05 Å². The fourth-order valence-electron chi connectivity index (χ4n) is 2.13. The van der Waals surface area contributed by atoms with Crippen LogP contribution in [0, 0.1) is 13.8 Å². The highest BCUT2D eigenvalue weighted by atomic mass is 16.4. The van der Waals surface area contributed by atoms with Gasteiger partial charge in [-0.15, -0.1) is 0 Å². The monoisotopic (exact) mass is 253 g/mol. The van der Waals surface area contributed by atoms with Crippen molar-refractivity contribution < 1.29 is 9.90 Å². The van der Waals surface area contributed by atoms with Crippen LogP contribution in [0.3, 0.4) is 0 Å². The second kappa shape index (κ2) is 5.52. The summed E-state index contributed by atoms with van der Waals surface area (Å²) in [5.74, 6) is -0.802. The molecule has 18 heavy (non-hydrogen) atoms. The summed E-state index contributed by atoms with van der Waals surface area (Å²) < 4.78 is 1.82. The van der Waals surface area contributed by atoms with E-state index in [2.05, 4.69) is 10.4 Å². The molecular formula is C13H23N3O2. The molecule has 5 heteroatoms. The average molecular weight is 253 g/mol. The number of nitrogens with one attached hydrogen (secondary N) is 1. The number of carboxylic acid groups (broad SMARTS) is 1. The zero-order valence-corrected chi connectivity index (χ0v) is 11.9. The van der Waals surface area contributed by atoms with E-state index in [0.29, 0.717) is 13.0 Å². The minimum Gasteiger partial charge on any atom is -0.480 e. The first-order valence-electron chi connectivity index (χ1n) is 6.29. The predicted octanol–water partition coefficient (Wildman–Crippen LogP) is 1.77. The molecule has 2 N–H and O–H groups in total. The van der Waals surface area contributed by atoms with Crippen molar-refractivity contribution in [1.82, 2.24) is 15.1 Å². The maximum Gasteiger partial charge on any atom is 0.323 e. The van der Waals surface area contributed by atoms with Gasteiger partial charge in [-0.25, -0.2) is 0 Å². The number of hydrogen-bond donors (Lipinski definition) is 2. The largest absolute Gasteiger partial charge is 0.480 e. The molecule has 102 valence electrons. The van der Waals surface area contributed by atoms with Crippen molar-refractivity contribution in [2.45, 2.75) is 52.6 Å². The Balaban J connectivity index is 2.82. The van der Waals surface area contributed by atoms with Crippen molar-refractivity contribution in [2.75, 3.05) is 0 Å². The van der Waals surface area contributed by atoms with Gasteiger partial charge in [0.05, 0.1) is 5.69 Å². The Morgan fingerprint density at radius 1 is 1.50 bits per heavy atom. The van der Waals surface area contributed by atoms with Crippen LogP contribution in [0.15, 0.2) is 0 Å². The van der Waals surface area contributed by atoms with Gasteiger partial charge in [-0.05, 0) is 27.2 Å². The van der Waals surface area contributed by atoms with Crippen LogP contribution in [0.4, 0.5) is 0 Å². The highest BCUT2D eigenvalue weighted by Crippen LogP contribution is 2.17. The zero-order chi connectivity index (χ0) is 13.9. The van der Waals surface area contributed by atoms with Gasteiger partial charge < -0.3 is 5.11 Å². The molecule has 0 aliphatic carbocycles. The lowest BCUT2D eigenvalue weighted by molar-refractivity contribution is -0.144. The Bertz CT molecular complexity index is 440. The lowest BCUT2D eigenvalue weighted by Crippen LogP contribution is -2.49. The van der Waals surface area contributed by atoms with Crippen molar-refractivity contribution in [3.63, 3.8) is 0 Å². The molecule has 5 nitrogen and oxygen atoms in total. The van der Waals surface area contributed by atoms with E-state index in [-0.39, 0.29) is 0 Å². The lowest BCUT2D eigenvalue weighted by Gasteiger charge is -2.26. The molecule has 0 spiro atoms. The molecule has 0 aliphatic rings. The summed E-state index contributed by atoms with van der Waals surface area (Å²) in [6, 6.07) is 0. The molecule has 0 aliphatic heterocycles. The average Bonchev–Trinajstić information content (AvgIpc) is 2.51. The van der Waals surface area contributed by atoms with Crippen LogP contribution < -0.4 is 5.32 Å². The normalized spacial score (nSPS) is 14.5. The molecular weight excluding hydrogens is 230 g/mol. The molecule has 0 amide bonds. The minimum absolute atomic E-state index is 0.536. The summed E-state index contributed by atoms with van der Waals surface area (Å²) in [5, 5.41) is 16.8. The molecule has 1 aromatic heterocycles. The van der Waals surface area contributed by atoms with Crippen LogP contribution in [0.2, 0.25) is 0 Å². The third-order valence-electron chi connectivity index (χ3n) is 3.54. The smallest absolute Gasteiger partial charge is 0.323 e. The van der Waals surface area contributed by atoms with Crippen molar-refractivity contribution in [1.29, 1.82) is 0 Å². The maximum atomic E-state index is 11.3. The van der Waals surface area contributed by atoms with Crippen molar-refractivity contribution in [3.8, 4) is 0 Å². The summed E-state index contributed by atoms with van der Waals surface area (Å²) in [6.45, 7) is 8.20. The third-order valence-corrected chi connectivity index (χ3v) is 3.54. The molecule has 1 aromatic rings. The van der Waals surface area contributed by atoms with Gasteiger partial charge in [0.1, 0.15) is 5.54 Å².